The molecule has 23 heavy (non-hydrogen) atoms. The van der Waals surface area contributed by atoms with Gasteiger partial charge in [-0.15, -0.1) is 0 Å². The number of carboxylic acids is 1. The summed E-state index contributed by atoms with van der Waals surface area (Å²) < 4.78 is 0. The van der Waals surface area contributed by atoms with Crippen LogP contribution in [-0.2, 0) is 0 Å². The normalized spacial score (nSPS) is 21.3. The van der Waals surface area contributed by atoms with Crippen LogP contribution in [0.15, 0.2) is 24.4 Å². The van der Waals surface area contributed by atoms with Crippen LogP contribution in [0.2, 0.25) is 10.0 Å². The zero-order chi connectivity index (χ0) is 16.1. The average Bonchev–Trinajstić information content (AvgIpc) is 3.13. The zero-order valence-electron chi connectivity index (χ0n) is 12.1. The number of aromatic nitrogens is 1. The molecule has 1 aromatic heterocycles. The van der Waals surface area contributed by atoms with E-state index in [1.807, 2.05) is 6.07 Å². The predicted molar refractivity (Wildman–Crippen MR) is 90.3 cm³/mol. The molecule has 2 aliphatic rings. The highest BCUT2D eigenvalue weighted by Crippen LogP contribution is 2.56. The van der Waals surface area contributed by atoms with E-state index in [0.29, 0.717) is 27.4 Å². The second-order valence-electron chi connectivity index (χ2n) is 6.11. The molecule has 1 heterocycles. The first kappa shape index (κ1) is 14.8. The van der Waals surface area contributed by atoms with Crippen molar-refractivity contribution in [3.8, 4) is 0 Å². The maximum absolute atomic E-state index is 11.5. The van der Waals surface area contributed by atoms with E-state index in [0.717, 1.165) is 41.9 Å². The van der Waals surface area contributed by atoms with Gasteiger partial charge in [-0.25, -0.2) is 9.78 Å². The van der Waals surface area contributed by atoms with Crippen LogP contribution < -0.4 is 5.32 Å². The Morgan fingerprint density at radius 1 is 1.17 bits per heavy atom. The molecule has 1 fully saturated rings. The van der Waals surface area contributed by atoms with Gasteiger partial charge in [0.15, 0.2) is 0 Å². The number of anilines is 2. The number of nitrogens with zero attached hydrogens (tertiary/aromatic N) is 1. The summed E-state index contributed by atoms with van der Waals surface area (Å²) >= 11 is 12.0. The fourth-order valence-corrected chi connectivity index (χ4v) is 4.18. The highest BCUT2D eigenvalue weighted by molar-refractivity contribution is 6.42. The Balaban J connectivity index is 1.78. The van der Waals surface area contributed by atoms with Crippen molar-refractivity contribution in [2.75, 3.05) is 5.32 Å². The summed E-state index contributed by atoms with van der Waals surface area (Å²) in [5.41, 5.74) is 3.16. The quantitative estimate of drug-likeness (QED) is 0.800. The predicted octanol–water partition coefficient (Wildman–Crippen LogP) is 5.19. The van der Waals surface area contributed by atoms with Crippen molar-refractivity contribution in [2.24, 2.45) is 0 Å². The minimum absolute atomic E-state index is 0.340. The highest BCUT2D eigenvalue weighted by Gasteiger charge is 2.41. The second kappa shape index (κ2) is 5.39. The van der Waals surface area contributed by atoms with Crippen molar-refractivity contribution in [2.45, 2.75) is 31.1 Å². The number of hydrogen-bond acceptors (Lipinski definition) is 3. The number of nitrogens with one attached hydrogen (secondary N) is 1. The van der Waals surface area contributed by atoms with E-state index in [9.17, 15) is 9.90 Å². The summed E-state index contributed by atoms with van der Waals surface area (Å²) in [5, 5.41) is 13.7. The molecule has 2 aromatic rings. The first-order chi connectivity index (χ1) is 11.0. The van der Waals surface area contributed by atoms with Gasteiger partial charge in [0.1, 0.15) is 5.82 Å². The van der Waals surface area contributed by atoms with Gasteiger partial charge in [-0.3, -0.25) is 0 Å². The largest absolute Gasteiger partial charge is 0.478 e. The molecule has 1 aromatic carbocycles. The molecule has 0 spiro atoms. The van der Waals surface area contributed by atoms with Crippen molar-refractivity contribution in [3.05, 3.63) is 51.1 Å². The van der Waals surface area contributed by atoms with Crippen LogP contribution in [-0.4, -0.2) is 16.1 Å². The standard InChI is InChI=1S/C17H14Cl2N2O2/c18-12-4-3-10(6-13(12)19)21-16-15-9-2-1-8(5-9)14(15)11(7-20-16)17(22)23/h3-4,6-9H,1-2,5H2,(H,20,21)(H,22,23). The zero-order valence-corrected chi connectivity index (χ0v) is 13.7. The third kappa shape index (κ3) is 2.37. The molecule has 6 heteroatoms. The van der Waals surface area contributed by atoms with Gasteiger partial charge in [0.05, 0.1) is 15.6 Å². The number of aromatic carboxylic acids is 1. The number of hydrogen-bond donors (Lipinski definition) is 2. The Bertz CT molecular complexity index is 822. The van der Waals surface area contributed by atoms with E-state index < -0.39 is 5.97 Å². The lowest BCUT2D eigenvalue weighted by Crippen LogP contribution is -2.11. The van der Waals surface area contributed by atoms with Gasteiger partial charge in [-0.05, 0) is 54.9 Å². The molecule has 4 nitrogen and oxygen atoms in total. The second-order valence-corrected chi connectivity index (χ2v) is 6.93. The van der Waals surface area contributed by atoms with Crippen molar-refractivity contribution >= 4 is 40.7 Å². The lowest BCUT2D eigenvalue weighted by Gasteiger charge is -2.20. The van der Waals surface area contributed by atoms with Crippen LogP contribution in [0, 0.1) is 0 Å². The summed E-state index contributed by atoms with van der Waals surface area (Å²) in [6.07, 6.45) is 4.64. The molecular weight excluding hydrogens is 335 g/mol. The molecule has 2 unspecified atom stereocenters. The Morgan fingerprint density at radius 2 is 1.91 bits per heavy atom. The topological polar surface area (TPSA) is 62.2 Å². The van der Waals surface area contributed by atoms with Crippen LogP contribution in [0.4, 0.5) is 11.5 Å². The summed E-state index contributed by atoms with van der Waals surface area (Å²) in [6, 6.07) is 5.31. The van der Waals surface area contributed by atoms with E-state index in [4.69, 9.17) is 23.2 Å². The van der Waals surface area contributed by atoms with Crippen molar-refractivity contribution < 1.29 is 9.90 Å². The molecule has 1 saturated carbocycles. The lowest BCUT2D eigenvalue weighted by molar-refractivity contribution is 0.0694. The van der Waals surface area contributed by atoms with Gasteiger partial charge in [0, 0.05) is 17.4 Å². The minimum Gasteiger partial charge on any atom is -0.478 e. The van der Waals surface area contributed by atoms with Crippen LogP contribution in [0.1, 0.15) is 52.6 Å². The van der Waals surface area contributed by atoms with Gasteiger partial charge in [0.25, 0.3) is 0 Å². The maximum Gasteiger partial charge on any atom is 0.337 e. The SMILES string of the molecule is O=C(O)c1cnc(Nc2ccc(Cl)c(Cl)c2)c2c1C1CCC2C1. The van der Waals surface area contributed by atoms with E-state index in [-0.39, 0.29) is 0 Å². The van der Waals surface area contributed by atoms with E-state index in [2.05, 4.69) is 10.3 Å². The first-order valence-corrected chi connectivity index (χ1v) is 8.28. The smallest absolute Gasteiger partial charge is 0.337 e. The molecule has 0 saturated heterocycles. The monoisotopic (exact) mass is 348 g/mol. The Hall–Kier alpha value is -1.78. The van der Waals surface area contributed by atoms with Gasteiger partial charge >= 0.3 is 5.97 Å². The fourth-order valence-electron chi connectivity index (χ4n) is 3.88. The summed E-state index contributed by atoms with van der Waals surface area (Å²) in [5.74, 6) is 0.573. The van der Waals surface area contributed by atoms with Crippen LogP contribution in [0.3, 0.4) is 0 Å². The van der Waals surface area contributed by atoms with E-state index in [1.165, 1.54) is 6.20 Å². The number of carboxylic acid groups (broad SMARTS) is 1. The third-order valence-electron chi connectivity index (χ3n) is 4.82. The van der Waals surface area contributed by atoms with Gasteiger partial charge in [-0.2, -0.15) is 0 Å². The molecule has 0 aliphatic heterocycles. The molecule has 0 amide bonds. The lowest BCUT2D eigenvalue weighted by atomic mass is 9.89. The Kier molecular flexibility index (Phi) is 3.47. The van der Waals surface area contributed by atoms with Gasteiger partial charge in [0.2, 0.25) is 0 Å². The number of pyridine rings is 1. The molecule has 0 radical (unpaired) electrons. The third-order valence-corrected chi connectivity index (χ3v) is 5.56. The summed E-state index contributed by atoms with van der Waals surface area (Å²) in [6.45, 7) is 0. The molecule has 2 N–H and O–H groups in total. The number of benzene rings is 1. The van der Waals surface area contributed by atoms with Crippen LogP contribution in [0.25, 0.3) is 0 Å². The summed E-state index contributed by atoms with van der Waals surface area (Å²) in [7, 11) is 0. The molecule has 118 valence electrons. The van der Waals surface area contributed by atoms with Crippen molar-refractivity contribution in [3.63, 3.8) is 0 Å². The van der Waals surface area contributed by atoms with Gasteiger partial charge in [-0.1, -0.05) is 23.2 Å². The van der Waals surface area contributed by atoms with Crippen LogP contribution in [0.5, 0.6) is 0 Å². The highest BCUT2D eigenvalue weighted by atomic mass is 35.5. The molecule has 4 rings (SSSR count). The van der Waals surface area contributed by atoms with Gasteiger partial charge < -0.3 is 10.4 Å². The van der Waals surface area contributed by atoms with E-state index in [1.54, 1.807) is 12.1 Å². The fraction of sp³-hybridized carbons (Fsp3) is 0.294. The first-order valence-electron chi connectivity index (χ1n) is 7.52. The summed E-state index contributed by atoms with van der Waals surface area (Å²) in [4.78, 5) is 15.9. The number of halogens is 2. The number of rotatable bonds is 3. The molecule has 2 atom stereocenters. The minimum atomic E-state index is -0.901. The van der Waals surface area contributed by atoms with E-state index >= 15 is 0 Å². The average molecular weight is 349 g/mol. The van der Waals surface area contributed by atoms with Crippen LogP contribution >= 0.6 is 23.2 Å². The van der Waals surface area contributed by atoms with Crippen molar-refractivity contribution in [1.29, 1.82) is 0 Å². The molecule has 2 aliphatic carbocycles. The molecular formula is C17H14Cl2N2O2. The van der Waals surface area contributed by atoms with Crippen molar-refractivity contribution in [1.82, 2.24) is 4.98 Å². The maximum atomic E-state index is 11.5. The molecule has 2 bridgehead atoms. The number of carbonyl (C=O) groups is 1. The Labute approximate surface area is 143 Å². The number of fused-ring (bicyclic) bond motifs is 5. The Morgan fingerprint density at radius 3 is 2.61 bits per heavy atom.